The minimum atomic E-state index is 0.220. The lowest BCUT2D eigenvalue weighted by molar-refractivity contribution is -0.00409. The van der Waals surface area contributed by atoms with Gasteiger partial charge in [-0.3, -0.25) is 0 Å². The van der Waals surface area contributed by atoms with E-state index in [9.17, 15) is 0 Å². The molecule has 0 spiro atoms. The molecule has 2 N–H and O–H groups in total. The number of hydrogen-bond donors (Lipinski definition) is 1. The molecule has 0 aliphatic heterocycles. The topological polar surface area (TPSA) is 26.0 Å². The van der Waals surface area contributed by atoms with Crippen LogP contribution in [-0.4, -0.2) is 5.54 Å². The normalized spacial score (nSPS) is 30.9. The Bertz CT molecular complexity index is 170. The van der Waals surface area contributed by atoms with E-state index in [-0.39, 0.29) is 5.54 Å². The molecular weight excluding hydrogens is 158 g/mol. The fraction of sp³-hybridized carbons (Fsp3) is 1.00. The summed E-state index contributed by atoms with van der Waals surface area (Å²) in [6, 6.07) is 0. The number of hydrogen-bond acceptors (Lipinski definition) is 1. The molecule has 0 unspecified atom stereocenters. The molecule has 1 nitrogen and oxygen atoms in total. The van der Waals surface area contributed by atoms with E-state index in [4.69, 9.17) is 5.73 Å². The maximum Gasteiger partial charge on any atom is 0.0211 e. The molecule has 0 amide bonds. The first-order valence-electron chi connectivity index (χ1n) is 6.01. The largest absolute Gasteiger partial charge is 0.325 e. The van der Waals surface area contributed by atoms with Crippen LogP contribution in [0, 0.1) is 5.41 Å². The van der Waals surface area contributed by atoms with Crippen molar-refractivity contribution in [3.63, 3.8) is 0 Å². The van der Waals surface area contributed by atoms with E-state index < -0.39 is 0 Å². The highest BCUT2D eigenvalue weighted by atomic mass is 14.8. The first kappa shape index (κ1) is 9.51. The highest BCUT2D eigenvalue weighted by molar-refractivity contribution is 5.07. The van der Waals surface area contributed by atoms with Gasteiger partial charge in [0.15, 0.2) is 0 Å². The Kier molecular flexibility index (Phi) is 2.39. The number of nitrogens with two attached hydrogens (primary N) is 1. The van der Waals surface area contributed by atoms with E-state index in [2.05, 4.69) is 6.92 Å². The average molecular weight is 181 g/mol. The Balaban J connectivity index is 2.10. The third-order valence-electron chi connectivity index (χ3n) is 4.79. The molecule has 0 atom stereocenters. The lowest BCUT2D eigenvalue weighted by atomic mass is 9.52. The Morgan fingerprint density at radius 3 is 1.92 bits per heavy atom. The third kappa shape index (κ3) is 1.32. The van der Waals surface area contributed by atoms with Crippen molar-refractivity contribution in [3.05, 3.63) is 0 Å². The molecule has 13 heavy (non-hydrogen) atoms. The molecule has 2 aliphatic carbocycles. The lowest BCUT2D eigenvalue weighted by Crippen LogP contribution is -2.59. The molecule has 2 rings (SSSR count). The monoisotopic (exact) mass is 181 g/mol. The predicted octanol–water partition coefficient (Wildman–Crippen LogP) is 3.23. The van der Waals surface area contributed by atoms with Crippen LogP contribution in [0.15, 0.2) is 0 Å². The zero-order valence-electron chi connectivity index (χ0n) is 8.94. The molecule has 1 heteroatoms. The summed E-state index contributed by atoms with van der Waals surface area (Å²) in [6.45, 7) is 2.34. The van der Waals surface area contributed by atoms with Crippen LogP contribution in [0.5, 0.6) is 0 Å². The zero-order chi connectivity index (χ0) is 9.36. The van der Waals surface area contributed by atoms with Crippen LogP contribution in [0.4, 0.5) is 0 Å². The van der Waals surface area contributed by atoms with Crippen LogP contribution < -0.4 is 5.73 Å². The molecule has 2 fully saturated rings. The van der Waals surface area contributed by atoms with Crippen molar-refractivity contribution in [2.24, 2.45) is 11.1 Å². The highest BCUT2D eigenvalue weighted by Gasteiger charge is 2.50. The lowest BCUT2D eigenvalue weighted by Gasteiger charge is -2.56. The van der Waals surface area contributed by atoms with Crippen LogP contribution in [0.1, 0.15) is 64.7 Å². The van der Waals surface area contributed by atoms with Crippen molar-refractivity contribution < 1.29 is 0 Å². The Hall–Kier alpha value is -0.0400. The van der Waals surface area contributed by atoms with E-state index in [0.717, 1.165) is 0 Å². The molecule has 0 radical (unpaired) electrons. The van der Waals surface area contributed by atoms with Crippen molar-refractivity contribution in [2.75, 3.05) is 0 Å². The smallest absolute Gasteiger partial charge is 0.0211 e. The van der Waals surface area contributed by atoms with Crippen LogP contribution >= 0.6 is 0 Å². The fourth-order valence-electron chi connectivity index (χ4n) is 3.52. The van der Waals surface area contributed by atoms with Gasteiger partial charge < -0.3 is 5.73 Å². The van der Waals surface area contributed by atoms with Gasteiger partial charge in [0, 0.05) is 5.54 Å². The summed E-state index contributed by atoms with van der Waals surface area (Å²) in [6.07, 6.45) is 12.3. The molecule has 0 aromatic carbocycles. The number of rotatable bonds is 2. The van der Waals surface area contributed by atoms with Gasteiger partial charge in [-0.05, 0) is 37.5 Å². The van der Waals surface area contributed by atoms with Gasteiger partial charge in [-0.1, -0.05) is 32.6 Å². The van der Waals surface area contributed by atoms with Crippen molar-refractivity contribution in [3.8, 4) is 0 Å². The summed E-state index contributed by atoms with van der Waals surface area (Å²) < 4.78 is 0. The Morgan fingerprint density at radius 2 is 1.54 bits per heavy atom. The average Bonchev–Trinajstić information content (AvgIpc) is 2.04. The highest BCUT2D eigenvalue weighted by Crippen LogP contribution is 2.55. The minimum absolute atomic E-state index is 0.220. The van der Waals surface area contributed by atoms with E-state index >= 15 is 0 Å². The third-order valence-corrected chi connectivity index (χ3v) is 4.79. The summed E-state index contributed by atoms with van der Waals surface area (Å²) in [5.74, 6) is 0. The van der Waals surface area contributed by atoms with E-state index in [1.165, 1.54) is 57.8 Å². The zero-order valence-corrected chi connectivity index (χ0v) is 8.94. The van der Waals surface area contributed by atoms with Gasteiger partial charge in [0.2, 0.25) is 0 Å². The first-order valence-corrected chi connectivity index (χ1v) is 6.01. The first-order chi connectivity index (χ1) is 6.22. The summed E-state index contributed by atoms with van der Waals surface area (Å²) in [5.41, 5.74) is 7.38. The molecule has 0 aromatic heterocycles. The van der Waals surface area contributed by atoms with Gasteiger partial charge in [0.05, 0.1) is 0 Å². The second-order valence-electron chi connectivity index (χ2n) is 5.20. The maximum absolute atomic E-state index is 6.61. The molecular formula is C12H23N. The molecule has 2 aliphatic rings. The molecule has 0 aromatic rings. The summed E-state index contributed by atoms with van der Waals surface area (Å²) in [4.78, 5) is 0. The van der Waals surface area contributed by atoms with Gasteiger partial charge in [-0.15, -0.1) is 0 Å². The molecule has 2 saturated carbocycles. The van der Waals surface area contributed by atoms with Gasteiger partial charge in [0.1, 0.15) is 0 Å². The summed E-state index contributed by atoms with van der Waals surface area (Å²) in [5, 5.41) is 0. The molecule has 0 saturated heterocycles. The van der Waals surface area contributed by atoms with Gasteiger partial charge in [-0.25, -0.2) is 0 Å². The molecule has 0 bridgehead atoms. The molecule has 0 heterocycles. The van der Waals surface area contributed by atoms with E-state index in [1.54, 1.807) is 0 Å². The maximum atomic E-state index is 6.61. The SMILES string of the molecule is CCC1(C2(N)CCCCC2)CCC1. The summed E-state index contributed by atoms with van der Waals surface area (Å²) in [7, 11) is 0. The Morgan fingerprint density at radius 1 is 0.923 bits per heavy atom. The van der Waals surface area contributed by atoms with Crippen LogP contribution in [0.2, 0.25) is 0 Å². The van der Waals surface area contributed by atoms with Crippen molar-refractivity contribution in [2.45, 2.75) is 70.3 Å². The minimum Gasteiger partial charge on any atom is -0.325 e. The van der Waals surface area contributed by atoms with Crippen molar-refractivity contribution in [1.29, 1.82) is 0 Å². The fourth-order valence-corrected chi connectivity index (χ4v) is 3.52. The standard InChI is InChI=1S/C12H23N/c1-2-11(7-6-8-11)12(13)9-4-3-5-10-12/h2-10,13H2,1H3. The van der Waals surface area contributed by atoms with Gasteiger partial charge in [-0.2, -0.15) is 0 Å². The van der Waals surface area contributed by atoms with Crippen LogP contribution in [0.3, 0.4) is 0 Å². The van der Waals surface area contributed by atoms with Crippen molar-refractivity contribution in [1.82, 2.24) is 0 Å². The quantitative estimate of drug-likeness (QED) is 0.695. The van der Waals surface area contributed by atoms with E-state index in [0.29, 0.717) is 5.41 Å². The second kappa shape index (κ2) is 3.27. The van der Waals surface area contributed by atoms with E-state index in [1.807, 2.05) is 0 Å². The van der Waals surface area contributed by atoms with Crippen LogP contribution in [0.25, 0.3) is 0 Å². The van der Waals surface area contributed by atoms with Crippen LogP contribution in [-0.2, 0) is 0 Å². The second-order valence-corrected chi connectivity index (χ2v) is 5.20. The van der Waals surface area contributed by atoms with Gasteiger partial charge >= 0.3 is 0 Å². The Labute approximate surface area is 82.1 Å². The molecule has 76 valence electrons. The summed E-state index contributed by atoms with van der Waals surface area (Å²) >= 11 is 0. The predicted molar refractivity (Wildman–Crippen MR) is 56.6 cm³/mol. The van der Waals surface area contributed by atoms with Crippen molar-refractivity contribution >= 4 is 0 Å². The van der Waals surface area contributed by atoms with Gasteiger partial charge in [0.25, 0.3) is 0 Å².